The fourth-order valence-corrected chi connectivity index (χ4v) is 2.82. The minimum Gasteiger partial charge on any atom is -0.393 e. The molecule has 13 heavy (non-hydrogen) atoms. The summed E-state index contributed by atoms with van der Waals surface area (Å²) in [6.07, 6.45) is 4.42. The van der Waals surface area contributed by atoms with E-state index in [2.05, 4.69) is 19.1 Å². The van der Waals surface area contributed by atoms with Gasteiger partial charge in [0.15, 0.2) is 0 Å². The predicted molar refractivity (Wildman–Crippen MR) is 56.1 cm³/mol. The van der Waals surface area contributed by atoms with Crippen LogP contribution in [0, 0.1) is 5.92 Å². The molecular weight excluding hydrogens is 180 g/mol. The van der Waals surface area contributed by atoms with Crippen molar-refractivity contribution in [1.29, 1.82) is 0 Å². The van der Waals surface area contributed by atoms with Crippen molar-refractivity contribution in [3.05, 3.63) is 21.9 Å². The second kappa shape index (κ2) is 3.81. The number of aryl methyl sites for hydroxylation is 1. The van der Waals surface area contributed by atoms with Gasteiger partial charge >= 0.3 is 0 Å². The normalized spacial score (nSPS) is 27.2. The molecule has 0 radical (unpaired) electrons. The third-order valence-electron chi connectivity index (χ3n) is 2.91. The third-order valence-corrected chi connectivity index (χ3v) is 4.16. The molecule has 2 unspecified atom stereocenters. The summed E-state index contributed by atoms with van der Waals surface area (Å²) < 4.78 is 0. The molecule has 1 aromatic rings. The Morgan fingerprint density at radius 1 is 1.38 bits per heavy atom. The molecule has 1 aliphatic carbocycles. The highest BCUT2D eigenvalue weighted by molar-refractivity contribution is 7.11. The number of aliphatic hydroxyl groups is 1. The summed E-state index contributed by atoms with van der Waals surface area (Å²) >= 11 is 1.90. The molecule has 1 saturated carbocycles. The third kappa shape index (κ3) is 1.94. The van der Waals surface area contributed by atoms with Gasteiger partial charge in [-0.1, -0.05) is 6.92 Å². The summed E-state index contributed by atoms with van der Waals surface area (Å²) in [5.74, 6) is 0.545. The van der Waals surface area contributed by atoms with Gasteiger partial charge in [0.2, 0.25) is 0 Å². The maximum atomic E-state index is 9.44. The van der Waals surface area contributed by atoms with E-state index < -0.39 is 0 Å². The molecule has 0 spiro atoms. The first-order valence-electron chi connectivity index (χ1n) is 5.05. The highest BCUT2D eigenvalue weighted by atomic mass is 32.1. The fraction of sp³-hybridized carbons (Fsp3) is 0.636. The Labute approximate surface area is 83.4 Å². The zero-order chi connectivity index (χ0) is 9.26. The SMILES string of the molecule is CCc1ccc(CC2CCC2O)s1. The maximum Gasteiger partial charge on any atom is 0.0572 e. The van der Waals surface area contributed by atoms with E-state index in [1.54, 1.807) is 0 Å². The molecule has 72 valence electrons. The molecule has 0 aromatic carbocycles. The van der Waals surface area contributed by atoms with Gasteiger partial charge in [0.1, 0.15) is 0 Å². The van der Waals surface area contributed by atoms with E-state index in [-0.39, 0.29) is 6.10 Å². The van der Waals surface area contributed by atoms with Gasteiger partial charge in [0, 0.05) is 9.75 Å². The average molecular weight is 196 g/mol. The van der Waals surface area contributed by atoms with Crippen molar-refractivity contribution in [2.45, 2.75) is 38.7 Å². The van der Waals surface area contributed by atoms with Crippen molar-refractivity contribution >= 4 is 11.3 Å². The Morgan fingerprint density at radius 3 is 2.62 bits per heavy atom. The Morgan fingerprint density at radius 2 is 2.15 bits per heavy atom. The van der Waals surface area contributed by atoms with Crippen LogP contribution in [-0.2, 0) is 12.8 Å². The first-order valence-corrected chi connectivity index (χ1v) is 5.87. The molecule has 1 aliphatic rings. The van der Waals surface area contributed by atoms with Crippen LogP contribution in [0.5, 0.6) is 0 Å². The molecule has 0 aliphatic heterocycles. The molecule has 1 heterocycles. The minimum atomic E-state index is -0.0211. The van der Waals surface area contributed by atoms with Crippen molar-refractivity contribution in [3.8, 4) is 0 Å². The van der Waals surface area contributed by atoms with Gasteiger partial charge in [-0.25, -0.2) is 0 Å². The van der Waals surface area contributed by atoms with Crippen molar-refractivity contribution in [3.63, 3.8) is 0 Å². The molecule has 0 saturated heterocycles. The fourth-order valence-electron chi connectivity index (χ4n) is 1.77. The van der Waals surface area contributed by atoms with Crippen molar-refractivity contribution in [2.75, 3.05) is 0 Å². The van der Waals surface area contributed by atoms with E-state index in [4.69, 9.17) is 0 Å². The Balaban J connectivity index is 1.93. The molecule has 1 fully saturated rings. The van der Waals surface area contributed by atoms with Gasteiger partial charge in [-0.2, -0.15) is 0 Å². The molecule has 0 amide bonds. The molecule has 0 bridgehead atoms. The van der Waals surface area contributed by atoms with Crippen LogP contribution in [0.2, 0.25) is 0 Å². The molecule has 1 N–H and O–H groups in total. The highest BCUT2D eigenvalue weighted by Gasteiger charge is 2.28. The summed E-state index contributed by atoms with van der Waals surface area (Å²) in [5, 5.41) is 9.44. The van der Waals surface area contributed by atoms with E-state index >= 15 is 0 Å². The number of hydrogen-bond donors (Lipinski definition) is 1. The topological polar surface area (TPSA) is 20.2 Å². The second-order valence-electron chi connectivity index (χ2n) is 3.83. The number of aliphatic hydroxyl groups excluding tert-OH is 1. The summed E-state index contributed by atoms with van der Waals surface area (Å²) in [4.78, 5) is 2.91. The monoisotopic (exact) mass is 196 g/mol. The van der Waals surface area contributed by atoms with Gasteiger partial charge in [0.25, 0.3) is 0 Å². The first-order chi connectivity index (χ1) is 6.29. The van der Waals surface area contributed by atoms with Gasteiger partial charge < -0.3 is 5.11 Å². The average Bonchev–Trinajstić information content (AvgIpc) is 2.59. The minimum absolute atomic E-state index is 0.0211. The van der Waals surface area contributed by atoms with E-state index in [1.165, 1.54) is 16.2 Å². The summed E-state index contributed by atoms with van der Waals surface area (Å²) in [7, 11) is 0. The largest absolute Gasteiger partial charge is 0.393 e. The lowest BCUT2D eigenvalue weighted by Crippen LogP contribution is -2.32. The van der Waals surface area contributed by atoms with E-state index in [1.807, 2.05) is 11.3 Å². The lowest BCUT2D eigenvalue weighted by atomic mass is 9.79. The van der Waals surface area contributed by atoms with E-state index in [9.17, 15) is 5.11 Å². The second-order valence-corrected chi connectivity index (χ2v) is 5.08. The van der Waals surface area contributed by atoms with Gasteiger partial charge in [-0.3, -0.25) is 0 Å². The van der Waals surface area contributed by atoms with Gasteiger partial charge in [-0.15, -0.1) is 11.3 Å². The van der Waals surface area contributed by atoms with Crippen molar-refractivity contribution < 1.29 is 5.11 Å². The highest BCUT2D eigenvalue weighted by Crippen LogP contribution is 2.32. The van der Waals surface area contributed by atoms with Crippen LogP contribution in [0.3, 0.4) is 0 Å². The molecule has 2 rings (SSSR count). The lowest BCUT2D eigenvalue weighted by molar-refractivity contribution is 0.0248. The predicted octanol–water partition coefficient (Wildman–Crippen LogP) is 2.62. The van der Waals surface area contributed by atoms with Crippen LogP contribution < -0.4 is 0 Å². The lowest BCUT2D eigenvalue weighted by Gasteiger charge is -2.31. The number of thiophene rings is 1. The summed E-state index contributed by atoms with van der Waals surface area (Å²) in [6.45, 7) is 2.19. The van der Waals surface area contributed by atoms with E-state index in [0.29, 0.717) is 5.92 Å². The maximum absolute atomic E-state index is 9.44. The Kier molecular flexibility index (Phi) is 2.70. The van der Waals surface area contributed by atoms with Gasteiger partial charge in [-0.05, 0) is 43.7 Å². The van der Waals surface area contributed by atoms with Crippen LogP contribution in [0.15, 0.2) is 12.1 Å². The van der Waals surface area contributed by atoms with Crippen molar-refractivity contribution in [2.24, 2.45) is 5.92 Å². The first kappa shape index (κ1) is 9.22. The molecule has 1 aromatic heterocycles. The molecule has 2 atom stereocenters. The molecular formula is C11H16OS. The quantitative estimate of drug-likeness (QED) is 0.788. The van der Waals surface area contributed by atoms with Crippen LogP contribution in [0.4, 0.5) is 0 Å². The number of rotatable bonds is 3. The summed E-state index contributed by atoms with van der Waals surface area (Å²) in [6, 6.07) is 4.43. The molecule has 1 nitrogen and oxygen atoms in total. The van der Waals surface area contributed by atoms with Crippen LogP contribution in [0.1, 0.15) is 29.5 Å². The van der Waals surface area contributed by atoms with Gasteiger partial charge in [0.05, 0.1) is 6.10 Å². The Hall–Kier alpha value is -0.340. The molecule has 2 heteroatoms. The standard InChI is InChI=1S/C11H16OS/c1-2-9-4-5-10(13-9)7-8-3-6-11(8)12/h4-5,8,11-12H,2-3,6-7H2,1H3. The zero-order valence-corrected chi connectivity index (χ0v) is 8.81. The van der Waals surface area contributed by atoms with Crippen molar-refractivity contribution in [1.82, 2.24) is 0 Å². The Bertz CT molecular complexity index is 279. The number of hydrogen-bond acceptors (Lipinski definition) is 2. The van der Waals surface area contributed by atoms with Crippen LogP contribution >= 0.6 is 11.3 Å². The zero-order valence-electron chi connectivity index (χ0n) is 7.99. The van der Waals surface area contributed by atoms with Crippen LogP contribution in [0.25, 0.3) is 0 Å². The summed E-state index contributed by atoms with van der Waals surface area (Å²) in [5.41, 5.74) is 0. The smallest absolute Gasteiger partial charge is 0.0572 e. The van der Waals surface area contributed by atoms with E-state index in [0.717, 1.165) is 19.3 Å². The van der Waals surface area contributed by atoms with Crippen LogP contribution in [-0.4, -0.2) is 11.2 Å².